The second kappa shape index (κ2) is 26.6. The number of benzene rings is 2. The van der Waals surface area contributed by atoms with Crippen molar-refractivity contribution in [1.82, 2.24) is 0 Å². The zero-order chi connectivity index (χ0) is 40.8. The van der Waals surface area contributed by atoms with Crippen LogP contribution in [0.5, 0.6) is 0 Å². The molecule has 0 amide bonds. The normalized spacial score (nSPS) is 16.2. The van der Waals surface area contributed by atoms with Gasteiger partial charge < -0.3 is 60.3 Å². The third kappa shape index (κ3) is 15.0. The molecule has 13 heteroatoms. The van der Waals surface area contributed by atoms with Crippen molar-refractivity contribution in [1.29, 1.82) is 0 Å². The fourth-order valence-corrected chi connectivity index (χ4v) is 7.04. The summed E-state index contributed by atoms with van der Waals surface area (Å²) in [7, 11) is 1.66. The van der Waals surface area contributed by atoms with Crippen molar-refractivity contribution in [2.24, 2.45) is 0 Å². The molecule has 2 heterocycles. The largest absolute Gasteiger partial charge is 1.00 e. The molecule has 58 heavy (non-hydrogen) atoms. The van der Waals surface area contributed by atoms with E-state index in [1.54, 1.807) is 7.11 Å². The number of hydrogen-bond donors (Lipinski definition) is 1. The number of allylic oxidation sites excluding steroid dienone is 6. The smallest absolute Gasteiger partial charge is 0.305 e. The van der Waals surface area contributed by atoms with Gasteiger partial charge in [0.25, 0.3) is 0 Å². The molecular weight excluding hydrogens is 764 g/mol. The fourth-order valence-electron chi connectivity index (χ4n) is 7.04. The predicted molar refractivity (Wildman–Crippen MR) is 222 cm³/mol. The van der Waals surface area contributed by atoms with E-state index in [1.165, 1.54) is 33.9 Å². The maximum absolute atomic E-state index is 10.5. The molecule has 0 aromatic heterocycles. The first kappa shape index (κ1) is 48.9. The van der Waals surface area contributed by atoms with Crippen LogP contribution in [-0.2, 0) is 53.5 Å². The summed E-state index contributed by atoms with van der Waals surface area (Å²) in [6.07, 6.45) is 10.8. The lowest BCUT2D eigenvalue weighted by molar-refractivity contribution is -0.442. The molecule has 4 rings (SSSR count). The van der Waals surface area contributed by atoms with Gasteiger partial charge in [-0.05, 0) is 31.6 Å². The van der Waals surface area contributed by atoms with Gasteiger partial charge in [-0.25, -0.2) is 0 Å². The molecule has 0 aliphatic carbocycles. The number of carboxylic acid groups (broad SMARTS) is 1. The zero-order valence-electron chi connectivity index (χ0n) is 35.1. The number of halogens is 1. The van der Waals surface area contributed by atoms with E-state index in [1.807, 2.05) is 0 Å². The Bertz CT molecular complexity index is 1640. The number of rotatable bonds is 30. The van der Waals surface area contributed by atoms with Gasteiger partial charge in [0.15, 0.2) is 12.3 Å². The first-order valence-corrected chi connectivity index (χ1v) is 20.1. The van der Waals surface area contributed by atoms with E-state index in [0.717, 1.165) is 13.1 Å². The van der Waals surface area contributed by atoms with Crippen LogP contribution in [0.2, 0.25) is 0 Å². The molecular formula is C45H65ClN2O10. The molecule has 322 valence electrons. The second-order valence-corrected chi connectivity index (χ2v) is 14.7. The number of nitrogens with zero attached hydrogens (tertiary/aromatic N) is 2. The van der Waals surface area contributed by atoms with Crippen molar-refractivity contribution in [3.8, 4) is 0 Å². The molecule has 0 saturated heterocycles. The molecule has 2 aromatic carbocycles. The molecule has 0 radical (unpaired) electrons. The number of hydrogen-bond acceptors (Lipinski definition) is 10. The van der Waals surface area contributed by atoms with E-state index in [4.69, 9.17) is 43.0 Å². The Morgan fingerprint density at radius 1 is 0.638 bits per heavy atom. The minimum atomic E-state index is -0.870. The Hall–Kier alpha value is -3.43. The first-order chi connectivity index (χ1) is 27.7. The summed E-state index contributed by atoms with van der Waals surface area (Å²) in [4.78, 5) is 12.9. The quantitative estimate of drug-likeness (QED) is 0.0712. The van der Waals surface area contributed by atoms with Gasteiger partial charge in [0.1, 0.15) is 6.61 Å². The van der Waals surface area contributed by atoms with Crippen LogP contribution < -0.4 is 17.3 Å². The molecule has 0 spiro atoms. The van der Waals surface area contributed by atoms with Gasteiger partial charge in [0, 0.05) is 48.2 Å². The molecule has 12 nitrogen and oxygen atoms in total. The van der Waals surface area contributed by atoms with Crippen molar-refractivity contribution in [3.05, 3.63) is 95.7 Å². The monoisotopic (exact) mass is 828 g/mol. The summed E-state index contributed by atoms with van der Waals surface area (Å²) in [5.74, 6) is -0.870. The van der Waals surface area contributed by atoms with E-state index in [9.17, 15) is 4.79 Å². The van der Waals surface area contributed by atoms with Crippen LogP contribution in [-0.4, -0.2) is 141 Å². The Labute approximate surface area is 351 Å². The van der Waals surface area contributed by atoms with Gasteiger partial charge in [-0.2, -0.15) is 4.58 Å². The highest BCUT2D eigenvalue weighted by Crippen LogP contribution is 2.47. The minimum Gasteiger partial charge on any atom is -1.00 e. The molecule has 2 aliphatic heterocycles. The number of anilines is 1. The molecule has 0 bridgehead atoms. The standard InChI is InChI=1S/C45H64N2O10.ClH/c1-44(2)37-13-9-11-15-39(37)46(20-23-52-28-31-56-34-33-54-26-25-50-5)41(44)17-7-6-8-18-42-45(3,4)38-14-10-12-16-40(38)47(42)21-24-53-29-32-57-36-35-55-30-27-51-22-19-43(48)49;/h6-18H,19-36H2,1-5H3;1H. The predicted octanol–water partition coefficient (Wildman–Crippen LogP) is 3.10. The Kier molecular flexibility index (Phi) is 22.5. The number of carboxylic acids is 1. The van der Waals surface area contributed by atoms with Crippen LogP contribution in [0.3, 0.4) is 0 Å². The van der Waals surface area contributed by atoms with E-state index in [-0.39, 0.29) is 36.3 Å². The van der Waals surface area contributed by atoms with Crippen molar-refractivity contribution in [2.75, 3.05) is 124 Å². The number of ether oxygens (including phenoxy) is 8. The van der Waals surface area contributed by atoms with Gasteiger partial charge in [-0.3, -0.25) is 4.79 Å². The molecule has 0 fully saturated rings. The van der Waals surface area contributed by atoms with Crippen molar-refractivity contribution in [2.45, 2.75) is 44.9 Å². The lowest BCUT2D eigenvalue weighted by Crippen LogP contribution is -3.00. The molecule has 0 unspecified atom stereocenters. The third-order valence-electron chi connectivity index (χ3n) is 10.00. The first-order valence-electron chi connectivity index (χ1n) is 20.1. The molecule has 2 aliphatic rings. The highest BCUT2D eigenvalue weighted by molar-refractivity contribution is 6.03. The zero-order valence-corrected chi connectivity index (χ0v) is 35.9. The molecule has 2 aromatic rings. The summed E-state index contributed by atoms with van der Waals surface area (Å²) in [5, 5.41) is 8.63. The summed E-state index contributed by atoms with van der Waals surface area (Å²) < 4.78 is 46.7. The molecule has 1 N–H and O–H groups in total. The van der Waals surface area contributed by atoms with Crippen molar-refractivity contribution < 1.29 is 64.8 Å². The average Bonchev–Trinajstić information content (AvgIpc) is 3.54. The van der Waals surface area contributed by atoms with Gasteiger partial charge in [-0.1, -0.05) is 68.5 Å². The van der Waals surface area contributed by atoms with E-state index >= 15 is 0 Å². The highest BCUT2D eigenvalue weighted by atomic mass is 35.5. The van der Waals surface area contributed by atoms with E-state index in [2.05, 4.69) is 116 Å². The summed E-state index contributed by atoms with van der Waals surface area (Å²) in [6, 6.07) is 17.2. The Morgan fingerprint density at radius 3 is 1.76 bits per heavy atom. The van der Waals surface area contributed by atoms with Crippen LogP contribution >= 0.6 is 0 Å². The lowest BCUT2D eigenvalue weighted by atomic mass is 9.81. The lowest BCUT2D eigenvalue weighted by Gasteiger charge is -2.27. The summed E-state index contributed by atoms with van der Waals surface area (Å²) in [6.45, 7) is 17.9. The van der Waals surface area contributed by atoms with Gasteiger partial charge >= 0.3 is 5.97 Å². The number of para-hydroxylation sites is 2. The Balaban J connectivity index is 0.00000900. The van der Waals surface area contributed by atoms with Crippen LogP contribution in [0.1, 0.15) is 45.2 Å². The average molecular weight is 829 g/mol. The minimum absolute atomic E-state index is 0. The van der Waals surface area contributed by atoms with Crippen LogP contribution in [0.25, 0.3) is 0 Å². The summed E-state index contributed by atoms with van der Waals surface area (Å²) >= 11 is 0. The topological polar surface area (TPSA) is 117 Å². The van der Waals surface area contributed by atoms with E-state index < -0.39 is 5.97 Å². The van der Waals surface area contributed by atoms with E-state index in [0.29, 0.717) is 92.5 Å². The fraction of sp³-hybridized carbons (Fsp3) is 0.556. The van der Waals surface area contributed by atoms with Gasteiger partial charge in [0.05, 0.1) is 104 Å². The summed E-state index contributed by atoms with van der Waals surface area (Å²) in [5.41, 5.74) is 7.17. The highest BCUT2D eigenvalue weighted by Gasteiger charge is 2.44. The number of fused-ring (bicyclic) bond motifs is 2. The third-order valence-corrected chi connectivity index (χ3v) is 10.00. The number of aliphatic carboxylic acids is 1. The second-order valence-electron chi connectivity index (χ2n) is 14.7. The van der Waals surface area contributed by atoms with Gasteiger partial charge in [-0.15, -0.1) is 0 Å². The number of carbonyl (C=O) groups is 1. The molecule has 0 saturated carbocycles. The van der Waals surface area contributed by atoms with Gasteiger partial charge in [0.2, 0.25) is 5.69 Å². The maximum atomic E-state index is 10.5. The molecule has 0 atom stereocenters. The SMILES string of the molecule is COCCOCCOCCOCC[N+]1=C(/C=C/C=C/C=C2\N(CCOCCOCCOCCOCCC(=O)O)c3ccccc3C2(C)C)C(C)(C)c2ccccc21.[Cl-]. The Morgan fingerprint density at radius 2 is 1.16 bits per heavy atom. The van der Waals surface area contributed by atoms with Crippen LogP contribution in [0, 0.1) is 0 Å². The van der Waals surface area contributed by atoms with Crippen LogP contribution in [0.4, 0.5) is 11.4 Å². The van der Waals surface area contributed by atoms with Crippen LogP contribution in [0.15, 0.2) is 84.6 Å². The maximum Gasteiger partial charge on any atom is 0.305 e. The number of methoxy groups -OCH3 is 1. The van der Waals surface area contributed by atoms with Crippen molar-refractivity contribution in [3.63, 3.8) is 0 Å². The van der Waals surface area contributed by atoms with Crippen molar-refractivity contribution >= 4 is 23.1 Å².